The molecule has 0 bridgehead atoms. The third-order valence-corrected chi connectivity index (χ3v) is 2.80. The summed E-state index contributed by atoms with van der Waals surface area (Å²) < 4.78 is 1.80. The zero-order chi connectivity index (χ0) is 11.7. The largest absolute Gasteiger partial charge is 0.297 e. The van der Waals surface area contributed by atoms with E-state index in [1.165, 1.54) is 0 Å². The van der Waals surface area contributed by atoms with Gasteiger partial charge in [0.05, 0.1) is 5.69 Å². The van der Waals surface area contributed by atoms with Crippen molar-refractivity contribution in [1.82, 2.24) is 9.55 Å². The number of hydrogen-bond donors (Lipinski definition) is 0. The summed E-state index contributed by atoms with van der Waals surface area (Å²) in [6.45, 7) is 0. The van der Waals surface area contributed by atoms with Gasteiger partial charge in [-0.3, -0.25) is 9.36 Å². The molecule has 0 spiro atoms. The fourth-order valence-electron chi connectivity index (χ4n) is 2.02. The Morgan fingerprint density at radius 2 is 1.88 bits per heavy atom. The molecule has 3 nitrogen and oxygen atoms in total. The molecule has 0 saturated heterocycles. The quantitative estimate of drug-likeness (QED) is 0.625. The molecule has 0 amide bonds. The minimum atomic E-state index is 0.418. The van der Waals surface area contributed by atoms with Gasteiger partial charge in [0, 0.05) is 17.8 Å². The summed E-state index contributed by atoms with van der Waals surface area (Å²) in [5.41, 5.74) is 0.975. The molecule has 2 aromatic carbocycles. The highest BCUT2D eigenvalue weighted by Crippen LogP contribution is 2.22. The van der Waals surface area contributed by atoms with Gasteiger partial charge >= 0.3 is 0 Å². The van der Waals surface area contributed by atoms with Crippen molar-refractivity contribution < 1.29 is 4.79 Å². The van der Waals surface area contributed by atoms with Gasteiger partial charge in [0.15, 0.2) is 12.1 Å². The van der Waals surface area contributed by atoms with E-state index in [9.17, 15) is 4.79 Å². The third kappa shape index (κ3) is 1.52. The van der Waals surface area contributed by atoms with E-state index in [0.29, 0.717) is 5.82 Å². The standard InChI is InChI=1S/C14H10N2O/c17-10-14-15-8-9-16(14)13-7-3-5-11-4-1-2-6-12(11)13/h1-10H. The predicted molar refractivity (Wildman–Crippen MR) is 66.5 cm³/mol. The van der Waals surface area contributed by atoms with Crippen LogP contribution < -0.4 is 0 Å². The van der Waals surface area contributed by atoms with Gasteiger partial charge in [-0.25, -0.2) is 4.98 Å². The maximum absolute atomic E-state index is 10.9. The molecule has 3 heteroatoms. The molecule has 0 saturated carbocycles. The summed E-state index contributed by atoms with van der Waals surface area (Å²) in [7, 11) is 0. The number of hydrogen-bond acceptors (Lipinski definition) is 2. The van der Waals surface area contributed by atoms with Gasteiger partial charge in [0.2, 0.25) is 0 Å². The van der Waals surface area contributed by atoms with E-state index in [-0.39, 0.29) is 0 Å². The lowest BCUT2D eigenvalue weighted by molar-refractivity contribution is 0.111. The Hall–Kier alpha value is -2.42. The van der Waals surface area contributed by atoms with Crippen LogP contribution in [0.2, 0.25) is 0 Å². The number of nitrogens with zero attached hydrogens (tertiary/aromatic N) is 2. The van der Waals surface area contributed by atoms with Crippen LogP contribution in [0.15, 0.2) is 54.9 Å². The molecular formula is C14H10N2O. The zero-order valence-electron chi connectivity index (χ0n) is 9.08. The number of rotatable bonds is 2. The second-order valence-electron chi connectivity index (χ2n) is 3.77. The topological polar surface area (TPSA) is 34.9 Å². The lowest BCUT2D eigenvalue weighted by Gasteiger charge is -2.08. The third-order valence-electron chi connectivity index (χ3n) is 2.80. The van der Waals surface area contributed by atoms with E-state index >= 15 is 0 Å². The molecule has 0 N–H and O–H groups in total. The first-order chi connectivity index (χ1) is 8.40. The molecule has 0 fully saturated rings. The predicted octanol–water partition coefficient (Wildman–Crippen LogP) is 2.84. The van der Waals surface area contributed by atoms with Crippen LogP contribution in [-0.2, 0) is 0 Å². The average molecular weight is 222 g/mol. The van der Waals surface area contributed by atoms with Crippen molar-refractivity contribution in [2.75, 3.05) is 0 Å². The molecule has 0 aliphatic rings. The second kappa shape index (κ2) is 3.87. The normalized spacial score (nSPS) is 10.6. The highest BCUT2D eigenvalue weighted by atomic mass is 16.1. The van der Waals surface area contributed by atoms with E-state index in [2.05, 4.69) is 17.1 Å². The summed E-state index contributed by atoms with van der Waals surface area (Å²) in [4.78, 5) is 14.9. The number of fused-ring (bicyclic) bond motifs is 1. The van der Waals surface area contributed by atoms with E-state index in [4.69, 9.17) is 0 Å². The Balaban J connectivity index is 2.34. The van der Waals surface area contributed by atoms with Crippen molar-refractivity contribution in [1.29, 1.82) is 0 Å². The smallest absolute Gasteiger partial charge is 0.185 e. The van der Waals surface area contributed by atoms with Gasteiger partial charge in [-0.05, 0) is 11.5 Å². The van der Waals surface area contributed by atoms with Crippen LogP contribution in [-0.4, -0.2) is 15.8 Å². The minimum absolute atomic E-state index is 0.418. The van der Waals surface area contributed by atoms with E-state index < -0.39 is 0 Å². The van der Waals surface area contributed by atoms with Gasteiger partial charge in [-0.1, -0.05) is 36.4 Å². The summed E-state index contributed by atoms with van der Waals surface area (Å²) >= 11 is 0. The number of benzene rings is 2. The SMILES string of the molecule is O=Cc1nccn1-c1cccc2ccccc12. The summed E-state index contributed by atoms with van der Waals surface area (Å²) in [5.74, 6) is 0.418. The highest BCUT2D eigenvalue weighted by Gasteiger charge is 2.06. The first kappa shape index (κ1) is 9.78. The van der Waals surface area contributed by atoms with Gasteiger partial charge in [0.25, 0.3) is 0 Å². The van der Waals surface area contributed by atoms with Crippen LogP contribution in [0.1, 0.15) is 10.6 Å². The molecule has 0 aliphatic heterocycles. The number of imidazole rings is 1. The van der Waals surface area contributed by atoms with Gasteiger partial charge in [0.1, 0.15) is 0 Å². The van der Waals surface area contributed by atoms with Crippen molar-refractivity contribution in [3.63, 3.8) is 0 Å². The van der Waals surface area contributed by atoms with Crippen molar-refractivity contribution in [2.24, 2.45) is 0 Å². The molecule has 1 heterocycles. The molecule has 0 aliphatic carbocycles. The fraction of sp³-hybridized carbons (Fsp3) is 0. The maximum atomic E-state index is 10.9. The van der Waals surface area contributed by atoms with Crippen LogP contribution >= 0.6 is 0 Å². The van der Waals surface area contributed by atoms with Crippen LogP contribution in [0.3, 0.4) is 0 Å². The Morgan fingerprint density at radius 1 is 1.06 bits per heavy atom. The molecule has 0 unspecified atom stereocenters. The molecule has 3 aromatic rings. The second-order valence-corrected chi connectivity index (χ2v) is 3.77. The monoisotopic (exact) mass is 222 g/mol. The Bertz CT molecular complexity index is 680. The first-order valence-corrected chi connectivity index (χ1v) is 5.37. The van der Waals surface area contributed by atoms with Crippen molar-refractivity contribution >= 4 is 17.1 Å². The lowest BCUT2D eigenvalue weighted by Crippen LogP contribution is -1.99. The number of aldehydes is 1. The summed E-state index contributed by atoms with van der Waals surface area (Å²) in [5, 5.41) is 2.26. The minimum Gasteiger partial charge on any atom is -0.297 e. The van der Waals surface area contributed by atoms with Gasteiger partial charge in [-0.2, -0.15) is 0 Å². The van der Waals surface area contributed by atoms with Crippen LogP contribution in [0, 0.1) is 0 Å². The number of carbonyl (C=O) groups excluding carboxylic acids is 1. The first-order valence-electron chi connectivity index (χ1n) is 5.37. The Morgan fingerprint density at radius 3 is 2.76 bits per heavy atom. The Kier molecular flexibility index (Phi) is 2.22. The molecule has 17 heavy (non-hydrogen) atoms. The lowest BCUT2D eigenvalue weighted by atomic mass is 10.1. The molecule has 3 rings (SSSR count). The average Bonchev–Trinajstić information content (AvgIpc) is 2.86. The van der Waals surface area contributed by atoms with Crippen LogP contribution in [0.25, 0.3) is 16.5 Å². The zero-order valence-corrected chi connectivity index (χ0v) is 9.08. The van der Waals surface area contributed by atoms with Gasteiger partial charge in [-0.15, -0.1) is 0 Å². The fourth-order valence-corrected chi connectivity index (χ4v) is 2.02. The molecule has 82 valence electrons. The molecule has 1 aromatic heterocycles. The van der Waals surface area contributed by atoms with Crippen LogP contribution in [0.4, 0.5) is 0 Å². The van der Waals surface area contributed by atoms with E-state index in [0.717, 1.165) is 22.7 Å². The van der Waals surface area contributed by atoms with E-state index in [1.54, 1.807) is 17.0 Å². The molecule has 0 atom stereocenters. The van der Waals surface area contributed by atoms with Crippen LogP contribution in [0.5, 0.6) is 0 Å². The Labute approximate surface area is 98.3 Å². The van der Waals surface area contributed by atoms with Crippen molar-refractivity contribution in [3.8, 4) is 5.69 Å². The molecule has 0 radical (unpaired) electrons. The van der Waals surface area contributed by atoms with Crippen molar-refractivity contribution in [2.45, 2.75) is 0 Å². The van der Waals surface area contributed by atoms with E-state index in [1.807, 2.05) is 30.3 Å². The van der Waals surface area contributed by atoms with Crippen molar-refractivity contribution in [3.05, 3.63) is 60.7 Å². The molecular weight excluding hydrogens is 212 g/mol. The number of carbonyl (C=O) groups is 1. The number of aromatic nitrogens is 2. The highest BCUT2D eigenvalue weighted by molar-refractivity contribution is 5.90. The summed E-state index contributed by atoms with van der Waals surface area (Å²) in [6.07, 6.45) is 4.19. The van der Waals surface area contributed by atoms with Gasteiger partial charge < -0.3 is 0 Å². The maximum Gasteiger partial charge on any atom is 0.185 e. The summed E-state index contributed by atoms with van der Waals surface area (Å²) in [6, 6.07) is 14.1.